The molecule has 0 unspecified atom stereocenters. The first-order valence-electron chi connectivity index (χ1n) is 2.28. The third kappa shape index (κ3) is 1.34. The van der Waals surface area contributed by atoms with Crippen LogP contribution in [0.1, 0.15) is 5.56 Å². The molecule has 0 aliphatic carbocycles. The second kappa shape index (κ2) is 2.37. The molecular weight excluding hydrogens is 134 g/mol. The van der Waals surface area contributed by atoms with Crippen LogP contribution in [0.2, 0.25) is 0 Å². The molecule has 1 aromatic heterocycles. The van der Waals surface area contributed by atoms with Crippen molar-refractivity contribution in [1.82, 2.24) is 9.97 Å². The van der Waals surface area contributed by atoms with Crippen LogP contribution in [0, 0.1) is 16.1 Å². The van der Waals surface area contributed by atoms with Crippen molar-refractivity contribution in [3.63, 3.8) is 0 Å². The highest BCUT2D eigenvalue weighted by molar-refractivity contribution is 7.71. The van der Waals surface area contributed by atoms with Crippen LogP contribution in [0.4, 0.5) is 0 Å². The molecule has 1 N–H and O–H groups in total. The van der Waals surface area contributed by atoms with Gasteiger partial charge < -0.3 is 4.98 Å². The minimum atomic E-state index is 0.397. The highest BCUT2D eigenvalue weighted by Gasteiger charge is 1.84. The second-order valence-electron chi connectivity index (χ2n) is 1.42. The predicted molar refractivity (Wildman–Crippen MR) is 34.1 cm³/mol. The summed E-state index contributed by atoms with van der Waals surface area (Å²) < 4.78 is 0.397. The average Bonchev–Trinajstić information content (AvgIpc) is 1.90. The lowest BCUT2D eigenvalue weighted by molar-refractivity contribution is 1.12. The minimum absolute atomic E-state index is 0.397. The van der Waals surface area contributed by atoms with Gasteiger partial charge in [0.05, 0.1) is 5.56 Å². The molecule has 0 aliphatic rings. The summed E-state index contributed by atoms with van der Waals surface area (Å²) in [4.78, 5) is 6.32. The molecule has 0 aliphatic heterocycles. The molecule has 0 amide bonds. The molecule has 0 bridgehead atoms. The van der Waals surface area contributed by atoms with Gasteiger partial charge in [0.15, 0.2) is 4.77 Å². The number of aromatic nitrogens is 2. The first kappa shape index (κ1) is 5.92. The largest absolute Gasteiger partial charge is 0.336 e. The maximum Gasteiger partial charge on any atom is 0.196 e. The summed E-state index contributed by atoms with van der Waals surface area (Å²) in [6.07, 6.45) is 2.95. The molecule has 44 valence electrons. The van der Waals surface area contributed by atoms with Gasteiger partial charge in [-0.25, -0.2) is 4.98 Å². The fourth-order valence-corrected chi connectivity index (χ4v) is 0.515. The first-order valence-corrected chi connectivity index (χ1v) is 2.68. The molecule has 0 fully saturated rings. The van der Waals surface area contributed by atoms with Gasteiger partial charge in [-0.1, -0.05) is 0 Å². The number of hydrogen-bond donors (Lipinski definition) is 1. The highest BCUT2D eigenvalue weighted by atomic mass is 32.1. The molecule has 0 saturated heterocycles. The molecule has 0 atom stereocenters. The second-order valence-corrected chi connectivity index (χ2v) is 1.81. The fraction of sp³-hybridized carbons (Fsp3) is 0. The number of hydrogen-bond acceptors (Lipinski definition) is 3. The van der Waals surface area contributed by atoms with Crippen molar-refractivity contribution in [2.24, 2.45) is 0 Å². The van der Waals surface area contributed by atoms with Crippen molar-refractivity contribution in [2.75, 3.05) is 0 Å². The van der Waals surface area contributed by atoms with Crippen molar-refractivity contribution < 1.29 is 0 Å². The van der Waals surface area contributed by atoms with E-state index in [0.29, 0.717) is 10.3 Å². The molecule has 9 heavy (non-hydrogen) atoms. The van der Waals surface area contributed by atoms with E-state index in [9.17, 15) is 0 Å². The molecule has 0 aromatic carbocycles. The standard InChI is InChI=1S/C5H3N3S/c6-1-4-2-7-5(9)8-3-4/h2-3H,(H,7,8,9). The topological polar surface area (TPSA) is 52.5 Å². The van der Waals surface area contributed by atoms with Crippen LogP contribution in [0.3, 0.4) is 0 Å². The average molecular weight is 137 g/mol. The Balaban J connectivity index is 3.21. The normalized spacial score (nSPS) is 8.33. The summed E-state index contributed by atoms with van der Waals surface area (Å²) in [6, 6.07) is 1.91. The van der Waals surface area contributed by atoms with Gasteiger partial charge >= 0.3 is 0 Å². The number of nitriles is 1. The lowest BCUT2D eigenvalue weighted by Crippen LogP contribution is -1.81. The quantitative estimate of drug-likeness (QED) is 0.543. The zero-order valence-electron chi connectivity index (χ0n) is 4.46. The summed E-state index contributed by atoms with van der Waals surface area (Å²) in [5, 5.41) is 8.28. The van der Waals surface area contributed by atoms with Crippen LogP contribution >= 0.6 is 12.2 Å². The third-order valence-electron chi connectivity index (χ3n) is 0.801. The Morgan fingerprint density at radius 2 is 2.56 bits per heavy atom. The van der Waals surface area contributed by atoms with Crippen molar-refractivity contribution in [3.8, 4) is 6.07 Å². The van der Waals surface area contributed by atoms with Crippen LogP contribution in [0.5, 0.6) is 0 Å². The zero-order valence-corrected chi connectivity index (χ0v) is 5.27. The minimum Gasteiger partial charge on any atom is -0.336 e. The predicted octanol–water partition coefficient (Wildman–Crippen LogP) is 1.01. The maximum absolute atomic E-state index is 8.28. The molecule has 0 spiro atoms. The number of aromatic amines is 1. The summed E-state index contributed by atoms with van der Waals surface area (Å²) in [7, 11) is 0. The SMILES string of the molecule is N#Cc1cnc(=S)[nH]c1. The van der Waals surface area contributed by atoms with E-state index in [2.05, 4.69) is 22.2 Å². The lowest BCUT2D eigenvalue weighted by Gasteiger charge is -1.82. The van der Waals surface area contributed by atoms with Crippen LogP contribution < -0.4 is 0 Å². The van der Waals surface area contributed by atoms with E-state index in [4.69, 9.17) is 5.26 Å². The van der Waals surface area contributed by atoms with Crippen LogP contribution in [-0.4, -0.2) is 9.97 Å². The summed E-state index contributed by atoms with van der Waals surface area (Å²) in [5.41, 5.74) is 0.489. The number of nitrogens with one attached hydrogen (secondary N) is 1. The number of nitrogens with zero attached hydrogens (tertiary/aromatic N) is 2. The van der Waals surface area contributed by atoms with E-state index in [-0.39, 0.29) is 0 Å². The fourth-order valence-electron chi connectivity index (χ4n) is 0.403. The van der Waals surface area contributed by atoms with Gasteiger partial charge in [0.25, 0.3) is 0 Å². The monoisotopic (exact) mass is 137 g/mol. The van der Waals surface area contributed by atoms with Gasteiger partial charge in [-0.15, -0.1) is 0 Å². The summed E-state index contributed by atoms with van der Waals surface area (Å²) >= 11 is 4.64. The van der Waals surface area contributed by atoms with E-state index < -0.39 is 0 Å². The van der Waals surface area contributed by atoms with Crippen molar-refractivity contribution in [2.45, 2.75) is 0 Å². The molecule has 0 saturated carbocycles. The van der Waals surface area contributed by atoms with Crippen LogP contribution in [0.25, 0.3) is 0 Å². The molecule has 3 nitrogen and oxygen atoms in total. The van der Waals surface area contributed by atoms with Gasteiger partial charge in [0, 0.05) is 12.4 Å². The van der Waals surface area contributed by atoms with E-state index in [1.165, 1.54) is 12.4 Å². The smallest absolute Gasteiger partial charge is 0.196 e. The Hall–Kier alpha value is -1.21. The highest BCUT2D eigenvalue weighted by Crippen LogP contribution is 1.87. The van der Waals surface area contributed by atoms with Crippen molar-refractivity contribution in [1.29, 1.82) is 5.26 Å². The van der Waals surface area contributed by atoms with Crippen molar-refractivity contribution in [3.05, 3.63) is 22.7 Å². The summed E-state index contributed by atoms with van der Waals surface area (Å²) in [6.45, 7) is 0. The van der Waals surface area contributed by atoms with Gasteiger partial charge in [-0.3, -0.25) is 0 Å². The van der Waals surface area contributed by atoms with Gasteiger partial charge in [0.2, 0.25) is 0 Å². The van der Waals surface area contributed by atoms with Gasteiger partial charge in [-0.05, 0) is 12.2 Å². The Bertz CT molecular complexity index is 275. The number of rotatable bonds is 0. The molecule has 1 aromatic rings. The van der Waals surface area contributed by atoms with Gasteiger partial charge in [0.1, 0.15) is 6.07 Å². The lowest BCUT2D eigenvalue weighted by atomic mass is 10.4. The molecule has 1 heterocycles. The third-order valence-corrected chi connectivity index (χ3v) is 1.02. The van der Waals surface area contributed by atoms with E-state index >= 15 is 0 Å². The van der Waals surface area contributed by atoms with Crippen LogP contribution in [0.15, 0.2) is 12.4 Å². The van der Waals surface area contributed by atoms with Gasteiger partial charge in [-0.2, -0.15) is 5.26 Å². The summed E-state index contributed by atoms with van der Waals surface area (Å²) in [5.74, 6) is 0. The number of H-pyrrole nitrogens is 1. The van der Waals surface area contributed by atoms with E-state index in [1.54, 1.807) is 0 Å². The molecular formula is C5H3N3S. The van der Waals surface area contributed by atoms with E-state index in [1.807, 2.05) is 6.07 Å². The first-order chi connectivity index (χ1) is 4.33. The Labute approximate surface area is 57.0 Å². The Kier molecular flexibility index (Phi) is 1.56. The Morgan fingerprint density at radius 3 is 3.00 bits per heavy atom. The van der Waals surface area contributed by atoms with Crippen molar-refractivity contribution >= 4 is 12.2 Å². The van der Waals surface area contributed by atoms with E-state index in [0.717, 1.165) is 0 Å². The maximum atomic E-state index is 8.28. The zero-order chi connectivity index (χ0) is 6.69. The molecule has 0 radical (unpaired) electrons. The molecule has 4 heteroatoms. The Morgan fingerprint density at radius 1 is 1.78 bits per heavy atom. The molecule has 1 rings (SSSR count). The van der Waals surface area contributed by atoms with Crippen LogP contribution in [-0.2, 0) is 0 Å².